The zero-order valence-corrected chi connectivity index (χ0v) is 24.5. The molecule has 6 rings (SSSR count). The number of aliphatic hydroxyl groups excluding tert-OH is 1. The second-order valence-corrected chi connectivity index (χ2v) is 12.7. The summed E-state index contributed by atoms with van der Waals surface area (Å²) in [6.45, 7) is 7.35. The van der Waals surface area contributed by atoms with Crippen LogP contribution >= 0.6 is 0 Å². The van der Waals surface area contributed by atoms with Crippen molar-refractivity contribution >= 4 is 17.9 Å². The molecule has 4 heterocycles. The summed E-state index contributed by atoms with van der Waals surface area (Å²) >= 11 is 0. The van der Waals surface area contributed by atoms with Crippen LogP contribution < -0.4 is 4.74 Å². The fraction of sp³-hybridized carbons (Fsp3) is 0.531. The molecule has 4 aliphatic rings. The Kier molecular flexibility index (Phi) is 7.61. The van der Waals surface area contributed by atoms with Crippen LogP contribution in [0.2, 0.25) is 0 Å². The number of hydrogen-bond donors (Lipinski definition) is 1. The summed E-state index contributed by atoms with van der Waals surface area (Å²) in [7, 11) is 0. The van der Waals surface area contributed by atoms with Crippen LogP contribution in [0.25, 0.3) is 0 Å². The Morgan fingerprint density at radius 3 is 2.50 bits per heavy atom. The Morgan fingerprint density at radius 1 is 1.07 bits per heavy atom. The van der Waals surface area contributed by atoms with E-state index in [0.29, 0.717) is 43.1 Å². The van der Waals surface area contributed by atoms with Crippen LogP contribution in [-0.2, 0) is 22.4 Å². The summed E-state index contributed by atoms with van der Waals surface area (Å²) in [4.78, 5) is 45.3. The quantitative estimate of drug-likeness (QED) is 0.594. The van der Waals surface area contributed by atoms with E-state index in [9.17, 15) is 19.5 Å². The standard InChI is InChI=1S/C32H39N3O7/c1-32(2,3)42-31(39)34-16-22-7-5-4-6-20(22)14-26(34)27(36)17-33-12-13-41-28-15-21(8-11-25(28)30(33)38)29(37)35-23-9-10-24(35)19-40-18-23/h4-8,11,15,23-24,26-27,36H,9-10,12-14,16-19H2,1-3H3/t23?,24?,26-,27+/m0/s1. The summed E-state index contributed by atoms with van der Waals surface area (Å²) in [5.74, 6) is 0.0124. The Balaban J connectivity index is 1.19. The lowest BCUT2D eigenvalue weighted by molar-refractivity contribution is -0.0181. The lowest BCUT2D eigenvalue weighted by atomic mass is 9.91. The molecule has 224 valence electrons. The van der Waals surface area contributed by atoms with Crippen LogP contribution in [0.3, 0.4) is 0 Å². The molecule has 10 heteroatoms. The molecule has 2 fully saturated rings. The van der Waals surface area contributed by atoms with E-state index in [1.165, 1.54) is 0 Å². The van der Waals surface area contributed by atoms with Gasteiger partial charge in [0.2, 0.25) is 0 Å². The van der Waals surface area contributed by atoms with Crippen molar-refractivity contribution in [1.29, 1.82) is 0 Å². The molecular weight excluding hydrogens is 538 g/mol. The van der Waals surface area contributed by atoms with Gasteiger partial charge in [-0.1, -0.05) is 24.3 Å². The summed E-state index contributed by atoms with van der Waals surface area (Å²) in [6, 6.07) is 12.4. The number of aliphatic hydroxyl groups is 1. The molecule has 0 radical (unpaired) electrons. The molecule has 4 aliphatic heterocycles. The molecule has 2 bridgehead atoms. The van der Waals surface area contributed by atoms with Crippen molar-refractivity contribution in [3.63, 3.8) is 0 Å². The van der Waals surface area contributed by atoms with Gasteiger partial charge in [0.1, 0.15) is 18.0 Å². The van der Waals surface area contributed by atoms with Crippen LogP contribution in [0.4, 0.5) is 4.79 Å². The second kappa shape index (κ2) is 11.2. The predicted molar refractivity (Wildman–Crippen MR) is 153 cm³/mol. The molecule has 0 spiro atoms. The van der Waals surface area contributed by atoms with Gasteiger partial charge < -0.3 is 29.1 Å². The van der Waals surface area contributed by atoms with Crippen molar-refractivity contribution in [3.05, 3.63) is 64.7 Å². The van der Waals surface area contributed by atoms with E-state index in [1.807, 2.05) is 49.9 Å². The third-order valence-electron chi connectivity index (χ3n) is 8.61. The van der Waals surface area contributed by atoms with Gasteiger partial charge in [-0.3, -0.25) is 14.5 Å². The number of carbonyl (C=O) groups is 3. The molecule has 2 aromatic carbocycles. The molecular formula is C32H39N3O7. The molecule has 4 atom stereocenters. The summed E-state index contributed by atoms with van der Waals surface area (Å²) in [5.41, 5.74) is 2.22. The number of morpholine rings is 1. The van der Waals surface area contributed by atoms with E-state index >= 15 is 0 Å². The lowest BCUT2D eigenvalue weighted by Crippen LogP contribution is -2.55. The number of benzene rings is 2. The SMILES string of the molecule is CC(C)(C)OC(=O)N1Cc2ccccc2C[C@H]1[C@H](O)CN1CCOc2cc(C(=O)N3C4CCC3COC4)ccc2C1=O. The van der Waals surface area contributed by atoms with Crippen LogP contribution in [0.1, 0.15) is 65.5 Å². The Morgan fingerprint density at radius 2 is 1.79 bits per heavy atom. The van der Waals surface area contributed by atoms with Crippen molar-refractivity contribution in [2.24, 2.45) is 0 Å². The van der Waals surface area contributed by atoms with Crippen molar-refractivity contribution in [2.75, 3.05) is 32.9 Å². The number of β-amino-alcohol motifs (C(OH)–C–C–N with tert-alkyl or cyclic N) is 1. The topological polar surface area (TPSA) is 109 Å². The average Bonchev–Trinajstić information content (AvgIpc) is 3.11. The minimum Gasteiger partial charge on any atom is -0.491 e. The fourth-order valence-corrected chi connectivity index (χ4v) is 6.53. The number of amides is 3. The van der Waals surface area contributed by atoms with Gasteiger partial charge in [-0.25, -0.2) is 4.79 Å². The number of carbonyl (C=O) groups excluding carboxylic acids is 3. The van der Waals surface area contributed by atoms with Gasteiger partial charge in [0.05, 0.1) is 49.6 Å². The Labute approximate surface area is 246 Å². The highest BCUT2D eigenvalue weighted by molar-refractivity contribution is 6.00. The highest BCUT2D eigenvalue weighted by Crippen LogP contribution is 2.33. The van der Waals surface area contributed by atoms with Gasteiger partial charge in [-0.15, -0.1) is 0 Å². The highest BCUT2D eigenvalue weighted by atomic mass is 16.6. The largest absolute Gasteiger partial charge is 0.491 e. The van der Waals surface area contributed by atoms with Crippen LogP contribution in [0.15, 0.2) is 42.5 Å². The van der Waals surface area contributed by atoms with Crippen LogP contribution in [-0.4, -0.2) is 100 Å². The third kappa shape index (κ3) is 5.57. The van der Waals surface area contributed by atoms with E-state index in [-0.39, 0.29) is 43.6 Å². The first-order chi connectivity index (χ1) is 20.1. The normalized spacial score (nSPS) is 24.3. The zero-order valence-electron chi connectivity index (χ0n) is 24.5. The monoisotopic (exact) mass is 577 g/mol. The molecule has 0 saturated carbocycles. The van der Waals surface area contributed by atoms with Gasteiger partial charge >= 0.3 is 6.09 Å². The maximum atomic E-state index is 13.7. The zero-order chi connectivity index (χ0) is 29.6. The predicted octanol–water partition coefficient (Wildman–Crippen LogP) is 3.25. The third-order valence-corrected chi connectivity index (χ3v) is 8.61. The summed E-state index contributed by atoms with van der Waals surface area (Å²) < 4.78 is 17.3. The molecule has 3 amide bonds. The van der Waals surface area contributed by atoms with Crippen LogP contribution in [0.5, 0.6) is 5.75 Å². The van der Waals surface area contributed by atoms with E-state index in [1.54, 1.807) is 28.0 Å². The van der Waals surface area contributed by atoms with Gasteiger partial charge in [0.15, 0.2) is 0 Å². The molecule has 2 saturated heterocycles. The molecule has 2 aromatic rings. The van der Waals surface area contributed by atoms with E-state index in [4.69, 9.17) is 14.2 Å². The number of hydrogen-bond acceptors (Lipinski definition) is 7. The summed E-state index contributed by atoms with van der Waals surface area (Å²) in [5, 5.41) is 11.5. The maximum Gasteiger partial charge on any atom is 0.410 e. The summed E-state index contributed by atoms with van der Waals surface area (Å²) in [6.07, 6.45) is 0.800. The first-order valence-electron chi connectivity index (χ1n) is 14.8. The Hall–Kier alpha value is -3.63. The first kappa shape index (κ1) is 28.5. The Bertz CT molecular complexity index is 1360. The van der Waals surface area contributed by atoms with Crippen molar-refractivity contribution < 1.29 is 33.7 Å². The van der Waals surface area contributed by atoms with E-state index < -0.39 is 23.8 Å². The van der Waals surface area contributed by atoms with Crippen LogP contribution in [0, 0.1) is 0 Å². The minimum absolute atomic E-state index is 0.0194. The van der Waals surface area contributed by atoms with Gasteiger partial charge in [0.25, 0.3) is 11.8 Å². The fourth-order valence-electron chi connectivity index (χ4n) is 6.53. The van der Waals surface area contributed by atoms with E-state index in [2.05, 4.69) is 0 Å². The lowest BCUT2D eigenvalue weighted by Gasteiger charge is -2.41. The smallest absolute Gasteiger partial charge is 0.410 e. The number of ether oxygens (including phenoxy) is 3. The van der Waals surface area contributed by atoms with Gasteiger partial charge in [-0.05, 0) is 69.4 Å². The second-order valence-electron chi connectivity index (χ2n) is 12.7. The number of fused-ring (bicyclic) bond motifs is 4. The van der Waals surface area contributed by atoms with Crippen molar-refractivity contribution in [3.8, 4) is 5.75 Å². The maximum absolute atomic E-state index is 13.7. The minimum atomic E-state index is -1.02. The molecule has 0 aromatic heterocycles. The highest BCUT2D eigenvalue weighted by Gasteiger charge is 2.41. The number of rotatable bonds is 4. The molecule has 10 nitrogen and oxygen atoms in total. The van der Waals surface area contributed by atoms with Crippen molar-refractivity contribution in [1.82, 2.24) is 14.7 Å². The molecule has 42 heavy (non-hydrogen) atoms. The first-order valence-corrected chi connectivity index (χ1v) is 14.8. The average molecular weight is 578 g/mol. The molecule has 1 N–H and O–H groups in total. The molecule has 2 unspecified atom stereocenters. The van der Waals surface area contributed by atoms with Gasteiger partial charge in [-0.2, -0.15) is 0 Å². The van der Waals surface area contributed by atoms with Crippen molar-refractivity contribution in [2.45, 2.75) is 76.4 Å². The van der Waals surface area contributed by atoms with Gasteiger partial charge in [0, 0.05) is 18.7 Å². The van der Waals surface area contributed by atoms with E-state index in [0.717, 1.165) is 24.0 Å². The molecule has 0 aliphatic carbocycles. The number of nitrogens with zero attached hydrogens (tertiary/aromatic N) is 3.